The summed E-state index contributed by atoms with van der Waals surface area (Å²) in [6, 6.07) is 2.96. The van der Waals surface area contributed by atoms with E-state index >= 15 is 8.78 Å². The second-order valence-electron chi connectivity index (χ2n) is 17.7. The second kappa shape index (κ2) is 17.1. The Hall–Kier alpha value is -4.97. The lowest BCUT2D eigenvalue weighted by Gasteiger charge is -2.27. The Kier molecular flexibility index (Phi) is 12.9. The number of rotatable bonds is 12. The molecule has 0 bridgehead atoms. The number of hydrogen-bond acceptors (Lipinski definition) is 10. The summed E-state index contributed by atoms with van der Waals surface area (Å²) in [4.78, 5) is 19.3. The zero-order valence-corrected chi connectivity index (χ0v) is 39.9. The summed E-state index contributed by atoms with van der Waals surface area (Å²) in [5.41, 5.74) is -6.03. The number of alkyl halides is 8. The maximum atomic E-state index is 15.8. The first kappa shape index (κ1) is 51.9. The van der Waals surface area contributed by atoms with Gasteiger partial charge in [0.2, 0.25) is 26.0 Å². The van der Waals surface area contributed by atoms with Crippen molar-refractivity contribution in [2.75, 3.05) is 36.8 Å². The highest BCUT2D eigenvalue weighted by molar-refractivity contribution is 8.03. The lowest BCUT2D eigenvalue weighted by Crippen LogP contribution is -2.42. The van der Waals surface area contributed by atoms with Gasteiger partial charge in [0.15, 0.2) is 15.5 Å². The number of sulfonamides is 2. The summed E-state index contributed by atoms with van der Waals surface area (Å²) in [5.74, 6) is -5.97. The Labute approximate surface area is 394 Å². The Balaban J connectivity index is 1.47. The average Bonchev–Trinajstić information content (AvgIpc) is 3.38. The predicted octanol–water partition coefficient (Wildman–Crippen LogP) is 7.27. The molecular formula is C42H39ClF10N6O7S3. The predicted molar refractivity (Wildman–Crippen MR) is 230 cm³/mol. The molecule has 0 saturated heterocycles. The number of sulfone groups is 1. The monoisotopic (exact) mass is 1060 g/mol. The van der Waals surface area contributed by atoms with Gasteiger partial charge in [-0.05, 0) is 68.0 Å². The van der Waals surface area contributed by atoms with Crippen molar-refractivity contribution in [1.82, 2.24) is 23.8 Å². The number of pyridine rings is 1. The molecule has 3 heterocycles. The number of hydrogen-bond donors (Lipinski definition) is 1. The number of nitrogens with zero attached hydrogens (tertiary/aromatic N) is 5. The zero-order valence-electron chi connectivity index (χ0n) is 36.7. The van der Waals surface area contributed by atoms with Crippen LogP contribution in [0, 0.1) is 35.3 Å². The molecule has 3 aliphatic rings. The summed E-state index contributed by atoms with van der Waals surface area (Å²) < 4.78 is 223. The number of nitrogens with one attached hydrogen (secondary N) is 1. The molecule has 2 aliphatic carbocycles. The number of anilines is 1. The van der Waals surface area contributed by atoms with Gasteiger partial charge in [0.1, 0.15) is 40.9 Å². The number of carbonyl (C=O) groups excluding carboxylic acids is 1. The largest absolute Gasteiger partial charge is 0.435 e. The third kappa shape index (κ3) is 10.0. The summed E-state index contributed by atoms with van der Waals surface area (Å²) in [7, 11) is -13.5. The van der Waals surface area contributed by atoms with E-state index in [1.807, 2.05) is 0 Å². The average molecular weight is 1060 g/mol. The van der Waals surface area contributed by atoms with E-state index in [4.69, 9.17) is 11.6 Å². The van der Waals surface area contributed by atoms with E-state index in [9.17, 15) is 65.2 Å². The molecule has 374 valence electrons. The molecule has 13 nitrogen and oxygen atoms in total. The van der Waals surface area contributed by atoms with Crippen molar-refractivity contribution in [1.29, 1.82) is 0 Å². The van der Waals surface area contributed by atoms with Crippen LogP contribution in [0.15, 0.2) is 42.5 Å². The quantitative estimate of drug-likeness (QED) is 0.113. The van der Waals surface area contributed by atoms with Gasteiger partial charge in [-0.25, -0.2) is 39.0 Å². The first-order valence-corrected chi connectivity index (χ1v) is 26.3. The minimum absolute atomic E-state index is 0.0162. The molecule has 2 aromatic carbocycles. The van der Waals surface area contributed by atoms with Gasteiger partial charge in [0, 0.05) is 58.0 Å². The van der Waals surface area contributed by atoms with Gasteiger partial charge < -0.3 is 10.2 Å². The van der Waals surface area contributed by atoms with Crippen LogP contribution in [0.4, 0.5) is 49.6 Å². The van der Waals surface area contributed by atoms with Crippen LogP contribution in [-0.4, -0.2) is 92.4 Å². The number of amides is 1. The Bertz CT molecular complexity index is 3160. The van der Waals surface area contributed by atoms with Crippen molar-refractivity contribution in [3.05, 3.63) is 98.6 Å². The molecule has 69 heavy (non-hydrogen) atoms. The lowest BCUT2D eigenvalue weighted by molar-refractivity contribution is -0.142. The van der Waals surface area contributed by atoms with Gasteiger partial charge in [-0.1, -0.05) is 34.2 Å². The van der Waals surface area contributed by atoms with Crippen LogP contribution in [0.5, 0.6) is 0 Å². The van der Waals surface area contributed by atoms with Gasteiger partial charge in [-0.3, -0.25) is 9.48 Å². The molecule has 1 amide bonds. The maximum absolute atomic E-state index is 15.8. The molecule has 4 aromatic rings. The molecule has 2 aromatic heterocycles. The summed E-state index contributed by atoms with van der Waals surface area (Å²) in [5, 5.41) is 5.42. The molecule has 27 heteroatoms. The summed E-state index contributed by atoms with van der Waals surface area (Å²) in [6.45, 7) is -0.268. The molecule has 5 atom stereocenters. The number of fused-ring (bicyclic) bond motifs is 4. The van der Waals surface area contributed by atoms with E-state index in [-0.39, 0.29) is 30.8 Å². The van der Waals surface area contributed by atoms with Crippen molar-refractivity contribution in [3.63, 3.8) is 0 Å². The van der Waals surface area contributed by atoms with E-state index in [0.29, 0.717) is 23.5 Å². The van der Waals surface area contributed by atoms with Crippen molar-refractivity contribution in [2.45, 2.75) is 74.8 Å². The maximum Gasteiger partial charge on any atom is 0.435 e. The van der Waals surface area contributed by atoms with Crippen LogP contribution in [0.2, 0.25) is 5.02 Å². The number of carbonyl (C=O) groups is 1. The van der Waals surface area contributed by atoms with E-state index in [2.05, 4.69) is 27.2 Å². The number of halogens is 11. The lowest BCUT2D eigenvalue weighted by atomic mass is 9.92. The summed E-state index contributed by atoms with van der Waals surface area (Å²) in [6.07, 6.45) is -9.10. The fraction of sp³-hybridized carbons (Fsp3) is 0.452. The van der Waals surface area contributed by atoms with Crippen molar-refractivity contribution >= 4 is 53.1 Å². The molecular weight excluding hydrogens is 1020 g/mol. The highest BCUT2D eigenvalue weighted by atomic mass is 35.5. The minimum Gasteiger partial charge on any atom is -0.360 e. The number of benzene rings is 2. The van der Waals surface area contributed by atoms with Crippen LogP contribution in [0.3, 0.4) is 0 Å². The van der Waals surface area contributed by atoms with Crippen LogP contribution < -0.4 is 10.2 Å². The van der Waals surface area contributed by atoms with Gasteiger partial charge in [0.25, 0.3) is 5.92 Å². The van der Waals surface area contributed by atoms with Crippen LogP contribution in [0.1, 0.15) is 78.2 Å². The first-order valence-electron chi connectivity index (χ1n) is 20.3. The van der Waals surface area contributed by atoms with Gasteiger partial charge >= 0.3 is 12.4 Å². The van der Waals surface area contributed by atoms with E-state index in [0.717, 1.165) is 36.6 Å². The first-order chi connectivity index (χ1) is 31.4. The van der Waals surface area contributed by atoms with Crippen LogP contribution in [-0.2, 0) is 59.7 Å². The Morgan fingerprint density at radius 1 is 0.928 bits per heavy atom. The topological polar surface area (TPSA) is 169 Å². The van der Waals surface area contributed by atoms with Crippen LogP contribution in [0.25, 0.3) is 11.1 Å². The Morgan fingerprint density at radius 3 is 2.07 bits per heavy atom. The molecule has 0 spiro atoms. The summed E-state index contributed by atoms with van der Waals surface area (Å²) >= 11 is 6.58. The van der Waals surface area contributed by atoms with Crippen LogP contribution >= 0.6 is 11.6 Å². The van der Waals surface area contributed by atoms with Gasteiger partial charge in [-0.2, -0.15) is 40.2 Å². The second-order valence-corrected chi connectivity index (χ2v) is 24.6. The smallest absolute Gasteiger partial charge is 0.360 e. The fourth-order valence-corrected chi connectivity index (χ4v) is 12.8. The molecule has 1 N–H and O–H groups in total. The normalized spacial score (nSPS) is 20.5. The molecule has 0 radical (unpaired) electrons. The van der Waals surface area contributed by atoms with E-state index < -0.39 is 165 Å². The molecule has 1 saturated carbocycles. The third-order valence-electron chi connectivity index (χ3n) is 12.1. The molecule has 1 fully saturated rings. The van der Waals surface area contributed by atoms with E-state index in [1.54, 1.807) is 0 Å². The standard InChI is InChI=1S/C42H39ClF10N6O7S3/c1-20-31-33-37(42(51,52)53)56-58(38(33)41(49,50)34(20)31)18-30(60)55-28(15-21-13-22(44)16-23(45)14-21)35-25(8-7-24(54-35)11-12-39(2,3)67(4,61)62)26-9-10-27(43)32-29(59(68(5,63)64)69(6,65)66)17-57(36(26)32)19-40(46,47)48/h7-10,13-14,16,20,28-29,31,34H,15,17-19H2,1-6H3,(H,55,60)/t20-,28+,29?,31-,34?/m1/s1. The highest BCUT2D eigenvalue weighted by Crippen LogP contribution is 2.72. The molecule has 7 rings (SSSR count). The minimum atomic E-state index is -5.23. The number of aromatic nitrogens is 3. The SMILES string of the molecule is C[C@H]1C2[C@H]1c1c(C(F)(F)F)nn(CC(=O)N[C@@H](Cc3cc(F)cc(F)c3)c3nc(C#CC(C)(C)S(C)(=O)=O)ccc3-c3ccc(Cl)c4c3N(CC(F)(F)F)CC4N(S(C)(=O)=O)S(C)(=O)=O)c1C2(F)F. The van der Waals surface area contributed by atoms with Crippen molar-refractivity contribution in [2.24, 2.45) is 11.8 Å². The highest BCUT2D eigenvalue weighted by Gasteiger charge is 2.72. The Morgan fingerprint density at radius 2 is 1.52 bits per heavy atom. The van der Waals surface area contributed by atoms with Gasteiger partial charge in [-0.15, -0.1) is 0 Å². The molecule has 2 unspecified atom stereocenters. The van der Waals surface area contributed by atoms with E-state index in [1.165, 1.54) is 26.8 Å². The van der Waals surface area contributed by atoms with Crippen molar-refractivity contribution in [3.8, 4) is 23.0 Å². The zero-order chi connectivity index (χ0) is 51.5. The molecule has 1 aliphatic heterocycles. The third-order valence-corrected chi connectivity index (χ3v) is 17.9. The van der Waals surface area contributed by atoms with Crippen molar-refractivity contribution < 1.29 is 74.0 Å². The fourth-order valence-electron chi connectivity index (χ4n) is 9.08. The van der Waals surface area contributed by atoms with Gasteiger partial charge in [0.05, 0.1) is 36.0 Å².